The van der Waals surface area contributed by atoms with Gasteiger partial charge in [-0.25, -0.2) is 8.78 Å². The molecule has 0 aliphatic heterocycles. The Morgan fingerprint density at radius 3 is 2.30 bits per heavy atom. The van der Waals surface area contributed by atoms with E-state index in [1.54, 1.807) is 6.92 Å². The molecule has 0 saturated carbocycles. The van der Waals surface area contributed by atoms with Crippen molar-refractivity contribution in [2.75, 3.05) is 0 Å². The summed E-state index contributed by atoms with van der Waals surface area (Å²) in [5, 5.41) is 19.1. The van der Waals surface area contributed by atoms with Gasteiger partial charge in [0, 0.05) is 28.3 Å². The number of carbonyl (C=O) groups excluding carboxylic acids is 1. The second-order valence-electron chi connectivity index (χ2n) is 6.08. The van der Waals surface area contributed by atoms with E-state index in [2.05, 4.69) is 6.58 Å². The number of halogens is 2. The molecule has 3 rings (SSSR count). The van der Waals surface area contributed by atoms with Crippen LogP contribution in [0.3, 0.4) is 0 Å². The van der Waals surface area contributed by atoms with Gasteiger partial charge in [0.05, 0.1) is 11.9 Å². The molecule has 0 atom stereocenters. The van der Waals surface area contributed by atoms with Gasteiger partial charge >= 0.3 is 5.97 Å². The molecule has 0 saturated heterocycles. The number of nitrogens with zero attached hydrogens (tertiary/aromatic N) is 1. The van der Waals surface area contributed by atoms with Gasteiger partial charge in [0.15, 0.2) is 11.6 Å². The summed E-state index contributed by atoms with van der Waals surface area (Å²) in [7, 11) is 0. The van der Waals surface area contributed by atoms with Gasteiger partial charge in [0.2, 0.25) is 0 Å². The Labute approximate surface area is 152 Å². The number of carboxylic acids is 1. The van der Waals surface area contributed by atoms with Crippen molar-refractivity contribution in [1.82, 2.24) is 4.57 Å². The first-order valence-electron chi connectivity index (χ1n) is 7.94. The Balaban J connectivity index is 2.22. The van der Waals surface area contributed by atoms with Crippen molar-refractivity contribution < 1.29 is 28.6 Å². The molecule has 5 nitrogen and oxygen atoms in total. The van der Waals surface area contributed by atoms with Crippen LogP contribution in [0.4, 0.5) is 8.78 Å². The lowest BCUT2D eigenvalue weighted by atomic mass is 10.1. The summed E-state index contributed by atoms with van der Waals surface area (Å²) in [5.41, 5.74) is 1.19. The zero-order chi connectivity index (χ0) is 19.9. The normalized spacial score (nSPS) is 10.9. The van der Waals surface area contributed by atoms with Crippen LogP contribution in [0.2, 0.25) is 0 Å². The fourth-order valence-electron chi connectivity index (χ4n) is 3.05. The number of rotatable bonds is 4. The van der Waals surface area contributed by atoms with E-state index in [0.29, 0.717) is 11.3 Å². The molecule has 7 heteroatoms. The molecule has 0 bridgehead atoms. The standard InChI is InChI=1S/C20H15F2NO4/c1-10(21)12-3-5-13(6-4-12)20(27)23-11(2)14(8-19(25)26)15-7-18(24)16(22)9-17(15)23/h3-7,9,24H,1,8H2,2H3,(H,25,26). The van der Waals surface area contributed by atoms with Crippen molar-refractivity contribution in [3.05, 3.63) is 71.2 Å². The molecular weight excluding hydrogens is 356 g/mol. The molecule has 1 heterocycles. The van der Waals surface area contributed by atoms with Gasteiger partial charge in [-0.05, 0) is 30.7 Å². The number of benzene rings is 2. The summed E-state index contributed by atoms with van der Waals surface area (Å²) in [6, 6.07) is 7.68. The van der Waals surface area contributed by atoms with E-state index in [-0.39, 0.29) is 22.0 Å². The van der Waals surface area contributed by atoms with Crippen LogP contribution >= 0.6 is 0 Å². The molecule has 0 aliphatic rings. The fraction of sp³-hybridized carbons (Fsp3) is 0.100. The van der Waals surface area contributed by atoms with E-state index in [4.69, 9.17) is 5.11 Å². The van der Waals surface area contributed by atoms with E-state index < -0.39 is 35.7 Å². The Morgan fingerprint density at radius 2 is 1.74 bits per heavy atom. The van der Waals surface area contributed by atoms with Crippen molar-refractivity contribution in [3.63, 3.8) is 0 Å². The molecule has 1 aromatic heterocycles. The highest BCUT2D eigenvalue weighted by Gasteiger charge is 2.23. The lowest BCUT2D eigenvalue weighted by Crippen LogP contribution is -2.14. The largest absolute Gasteiger partial charge is 0.505 e. The van der Waals surface area contributed by atoms with Crippen LogP contribution < -0.4 is 0 Å². The van der Waals surface area contributed by atoms with Gasteiger partial charge in [-0.1, -0.05) is 18.7 Å². The number of hydrogen-bond acceptors (Lipinski definition) is 3. The lowest BCUT2D eigenvalue weighted by molar-refractivity contribution is -0.136. The topological polar surface area (TPSA) is 79.5 Å². The third-order valence-corrected chi connectivity index (χ3v) is 4.38. The van der Waals surface area contributed by atoms with E-state index in [1.165, 1.54) is 28.8 Å². The third kappa shape index (κ3) is 3.19. The predicted molar refractivity (Wildman–Crippen MR) is 96.0 cm³/mol. The minimum Gasteiger partial charge on any atom is -0.505 e. The number of carbonyl (C=O) groups is 2. The van der Waals surface area contributed by atoms with E-state index in [1.807, 2.05) is 0 Å². The number of aromatic nitrogens is 1. The van der Waals surface area contributed by atoms with Crippen molar-refractivity contribution in [1.29, 1.82) is 0 Å². The number of hydrogen-bond donors (Lipinski definition) is 2. The smallest absolute Gasteiger partial charge is 0.307 e. The highest BCUT2D eigenvalue weighted by atomic mass is 19.1. The van der Waals surface area contributed by atoms with E-state index in [0.717, 1.165) is 12.1 Å². The van der Waals surface area contributed by atoms with Crippen LogP contribution in [0.25, 0.3) is 16.7 Å². The van der Waals surface area contributed by atoms with Gasteiger partial charge in [-0.15, -0.1) is 0 Å². The molecule has 0 unspecified atom stereocenters. The lowest BCUT2D eigenvalue weighted by Gasteiger charge is -2.08. The first kappa shape index (κ1) is 18.3. The Bertz CT molecular complexity index is 1100. The van der Waals surface area contributed by atoms with Crippen molar-refractivity contribution >= 4 is 28.6 Å². The van der Waals surface area contributed by atoms with Gasteiger partial charge in [0.1, 0.15) is 5.83 Å². The third-order valence-electron chi connectivity index (χ3n) is 4.38. The molecule has 138 valence electrons. The Kier molecular flexibility index (Phi) is 4.53. The average Bonchev–Trinajstić information content (AvgIpc) is 2.86. The van der Waals surface area contributed by atoms with Crippen LogP contribution in [-0.2, 0) is 11.2 Å². The molecule has 2 aromatic carbocycles. The summed E-state index contributed by atoms with van der Waals surface area (Å²) >= 11 is 0. The SMILES string of the molecule is C=C(F)c1ccc(C(=O)n2c(C)c(CC(=O)O)c3cc(O)c(F)cc32)cc1. The predicted octanol–water partition coefficient (Wildman–Crippen LogP) is 4.05. The summed E-state index contributed by atoms with van der Waals surface area (Å²) in [4.78, 5) is 24.2. The maximum Gasteiger partial charge on any atom is 0.307 e. The summed E-state index contributed by atoms with van der Waals surface area (Å²) in [6.07, 6.45) is -0.395. The molecule has 0 radical (unpaired) electrons. The molecule has 2 N–H and O–H groups in total. The van der Waals surface area contributed by atoms with Crippen LogP contribution in [0, 0.1) is 12.7 Å². The zero-order valence-electron chi connectivity index (χ0n) is 14.3. The summed E-state index contributed by atoms with van der Waals surface area (Å²) in [5.74, 6) is -3.86. The molecule has 0 amide bonds. The molecule has 27 heavy (non-hydrogen) atoms. The number of aromatic hydroxyl groups is 1. The van der Waals surface area contributed by atoms with Crippen LogP contribution in [0.15, 0.2) is 43.0 Å². The second-order valence-corrected chi connectivity index (χ2v) is 6.08. The number of aliphatic carboxylic acids is 1. The Morgan fingerprint density at radius 1 is 1.15 bits per heavy atom. The molecule has 3 aromatic rings. The average molecular weight is 371 g/mol. The van der Waals surface area contributed by atoms with Crippen LogP contribution in [0.5, 0.6) is 5.75 Å². The quantitative estimate of drug-likeness (QED) is 0.725. The van der Waals surface area contributed by atoms with E-state index in [9.17, 15) is 23.5 Å². The van der Waals surface area contributed by atoms with Gasteiger partial charge in [0.25, 0.3) is 5.91 Å². The minimum absolute atomic E-state index is 0.142. The number of fused-ring (bicyclic) bond motifs is 1. The van der Waals surface area contributed by atoms with Crippen molar-refractivity contribution in [2.45, 2.75) is 13.3 Å². The Hall–Kier alpha value is -3.48. The molecule has 0 aliphatic carbocycles. The fourth-order valence-corrected chi connectivity index (χ4v) is 3.05. The van der Waals surface area contributed by atoms with E-state index >= 15 is 0 Å². The van der Waals surface area contributed by atoms with Gasteiger partial charge in [-0.3, -0.25) is 14.2 Å². The highest BCUT2D eigenvalue weighted by molar-refractivity contribution is 6.05. The van der Waals surface area contributed by atoms with Gasteiger partial charge < -0.3 is 10.2 Å². The maximum atomic E-state index is 13.9. The zero-order valence-corrected chi connectivity index (χ0v) is 14.3. The summed E-state index contributed by atoms with van der Waals surface area (Å²) in [6.45, 7) is 4.73. The first-order valence-corrected chi connectivity index (χ1v) is 7.94. The van der Waals surface area contributed by atoms with Gasteiger partial charge in [-0.2, -0.15) is 0 Å². The molecule has 0 fully saturated rings. The van der Waals surface area contributed by atoms with Crippen LogP contribution in [0.1, 0.15) is 27.2 Å². The number of carboxylic acid groups (broad SMARTS) is 1. The van der Waals surface area contributed by atoms with Crippen LogP contribution in [-0.4, -0.2) is 26.7 Å². The van der Waals surface area contributed by atoms with Crippen molar-refractivity contribution in [2.24, 2.45) is 0 Å². The minimum atomic E-state index is -1.13. The maximum absolute atomic E-state index is 13.9. The molecular formula is C20H15F2NO4. The van der Waals surface area contributed by atoms with Crippen molar-refractivity contribution in [3.8, 4) is 5.75 Å². The number of phenols is 1. The highest BCUT2D eigenvalue weighted by Crippen LogP contribution is 2.32. The first-order chi connectivity index (χ1) is 12.7. The second kappa shape index (κ2) is 6.68. The molecule has 0 spiro atoms. The summed E-state index contributed by atoms with van der Waals surface area (Å²) < 4.78 is 28.3. The number of phenolic OH excluding ortho intramolecular Hbond substituents is 1. The monoisotopic (exact) mass is 371 g/mol.